The minimum atomic E-state index is 0.321. The molecule has 1 aromatic rings. The average molecular weight is 215 g/mol. The summed E-state index contributed by atoms with van der Waals surface area (Å²) >= 11 is 3.86. The molecule has 3 unspecified atom stereocenters. The largest absolute Gasteiger partial charge is 0.467 e. The normalized spacial score (nSPS) is 34.8. The van der Waals surface area contributed by atoms with Gasteiger partial charge in [-0.15, -0.1) is 23.5 Å². The standard InChI is InChI=1S/C9H13NOS2/c1-6-10-9(13-7(2)12-6)8-4-3-5-11-8/h3-7,9-10H,1-2H3. The monoisotopic (exact) mass is 215 g/mol. The topological polar surface area (TPSA) is 25.2 Å². The van der Waals surface area contributed by atoms with Crippen molar-refractivity contribution in [1.29, 1.82) is 0 Å². The SMILES string of the molecule is CC1NC(c2ccco2)SC(C)S1. The molecule has 1 aromatic heterocycles. The van der Waals surface area contributed by atoms with Gasteiger partial charge in [0.25, 0.3) is 0 Å². The molecule has 0 aliphatic carbocycles. The van der Waals surface area contributed by atoms with E-state index in [9.17, 15) is 0 Å². The molecule has 2 nitrogen and oxygen atoms in total. The summed E-state index contributed by atoms with van der Waals surface area (Å²) in [5.74, 6) is 1.03. The van der Waals surface area contributed by atoms with Crippen LogP contribution in [-0.2, 0) is 0 Å². The number of thioether (sulfide) groups is 2. The molecular formula is C9H13NOS2. The maximum Gasteiger partial charge on any atom is 0.130 e. The summed E-state index contributed by atoms with van der Waals surface area (Å²) in [4.78, 5) is 0. The predicted molar refractivity (Wildman–Crippen MR) is 58.7 cm³/mol. The van der Waals surface area contributed by atoms with E-state index in [-0.39, 0.29) is 0 Å². The Bertz CT molecular complexity index is 253. The Hall–Kier alpha value is -0.0600. The summed E-state index contributed by atoms with van der Waals surface area (Å²) < 4.78 is 6.01. The summed E-state index contributed by atoms with van der Waals surface area (Å²) in [6.45, 7) is 4.43. The first kappa shape index (κ1) is 9.49. The second kappa shape index (κ2) is 3.98. The fraction of sp³-hybridized carbons (Fsp3) is 0.556. The van der Waals surface area contributed by atoms with Crippen LogP contribution < -0.4 is 5.32 Å². The van der Waals surface area contributed by atoms with Crippen molar-refractivity contribution in [3.63, 3.8) is 0 Å². The lowest BCUT2D eigenvalue weighted by Gasteiger charge is -2.30. The molecule has 1 aliphatic heterocycles. The van der Waals surface area contributed by atoms with Gasteiger partial charge in [-0.2, -0.15) is 0 Å². The zero-order valence-electron chi connectivity index (χ0n) is 7.69. The van der Waals surface area contributed by atoms with E-state index in [4.69, 9.17) is 4.42 Å². The Morgan fingerprint density at radius 2 is 2.23 bits per heavy atom. The van der Waals surface area contributed by atoms with E-state index >= 15 is 0 Å². The van der Waals surface area contributed by atoms with Gasteiger partial charge in [0.05, 0.1) is 16.2 Å². The van der Waals surface area contributed by atoms with Crippen molar-refractivity contribution >= 4 is 23.5 Å². The molecule has 0 radical (unpaired) electrons. The van der Waals surface area contributed by atoms with E-state index in [1.807, 2.05) is 35.7 Å². The first-order valence-corrected chi connectivity index (χ1v) is 6.24. The molecule has 0 saturated carbocycles. The Morgan fingerprint density at radius 3 is 2.85 bits per heavy atom. The molecule has 0 bridgehead atoms. The summed E-state index contributed by atoms with van der Waals surface area (Å²) in [5.41, 5.74) is 0. The maximum absolute atomic E-state index is 5.38. The van der Waals surface area contributed by atoms with Crippen LogP contribution in [0.3, 0.4) is 0 Å². The fourth-order valence-corrected chi connectivity index (χ4v) is 4.29. The van der Waals surface area contributed by atoms with Gasteiger partial charge in [0.15, 0.2) is 0 Å². The fourth-order valence-electron chi connectivity index (χ4n) is 1.39. The molecule has 3 atom stereocenters. The van der Waals surface area contributed by atoms with E-state index in [2.05, 4.69) is 19.2 Å². The van der Waals surface area contributed by atoms with Crippen LogP contribution in [0.5, 0.6) is 0 Å². The lowest BCUT2D eigenvalue weighted by atomic mass is 10.4. The first-order valence-electron chi connectivity index (χ1n) is 4.36. The van der Waals surface area contributed by atoms with E-state index in [0.717, 1.165) is 5.76 Å². The lowest BCUT2D eigenvalue weighted by molar-refractivity contribution is 0.475. The van der Waals surface area contributed by atoms with Gasteiger partial charge in [-0.3, -0.25) is 5.32 Å². The molecule has 72 valence electrons. The second-order valence-electron chi connectivity index (χ2n) is 3.04. The van der Waals surface area contributed by atoms with Gasteiger partial charge >= 0.3 is 0 Å². The van der Waals surface area contributed by atoms with Crippen molar-refractivity contribution in [1.82, 2.24) is 5.32 Å². The molecule has 1 N–H and O–H groups in total. The van der Waals surface area contributed by atoms with Crippen molar-refractivity contribution in [2.75, 3.05) is 0 Å². The summed E-state index contributed by atoms with van der Waals surface area (Å²) in [5, 5.41) is 4.31. The summed E-state index contributed by atoms with van der Waals surface area (Å²) in [6, 6.07) is 3.97. The van der Waals surface area contributed by atoms with Crippen molar-refractivity contribution < 1.29 is 4.42 Å². The summed E-state index contributed by atoms with van der Waals surface area (Å²) in [7, 11) is 0. The molecule has 0 amide bonds. The predicted octanol–water partition coefficient (Wildman–Crippen LogP) is 3.04. The zero-order valence-corrected chi connectivity index (χ0v) is 9.32. The van der Waals surface area contributed by atoms with Crippen molar-refractivity contribution in [2.24, 2.45) is 0 Å². The molecule has 1 aliphatic rings. The van der Waals surface area contributed by atoms with Crippen LogP contribution in [0, 0.1) is 0 Å². The van der Waals surface area contributed by atoms with Crippen molar-refractivity contribution in [3.05, 3.63) is 24.2 Å². The van der Waals surface area contributed by atoms with Gasteiger partial charge in [0, 0.05) is 0 Å². The van der Waals surface area contributed by atoms with Crippen molar-refractivity contribution in [3.8, 4) is 0 Å². The smallest absolute Gasteiger partial charge is 0.130 e. The number of hydrogen-bond acceptors (Lipinski definition) is 4. The molecule has 1 fully saturated rings. The van der Waals surface area contributed by atoms with E-state index in [1.54, 1.807) is 6.26 Å². The Balaban J connectivity index is 2.07. The lowest BCUT2D eigenvalue weighted by Crippen LogP contribution is -2.32. The molecule has 4 heteroatoms. The van der Waals surface area contributed by atoms with Gasteiger partial charge in [0.2, 0.25) is 0 Å². The molecule has 0 aromatic carbocycles. The van der Waals surface area contributed by atoms with Crippen molar-refractivity contribution in [2.45, 2.75) is 29.2 Å². The quantitative estimate of drug-likeness (QED) is 0.778. The molecule has 13 heavy (non-hydrogen) atoms. The third kappa shape index (κ3) is 2.24. The van der Waals surface area contributed by atoms with Gasteiger partial charge < -0.3 is 4.42 Å². The van der Waals surface area contributed by atoms with Crippen LogP contribution in [0.4, 0.5) is 0 Å². The van der Waals surface area contributed by atoms with Crippen LogP contribution in [0.25, 0.3) is 0 Å². The molecule has 0 spiro atoms. The summed E-state index contributed by atoms with van der Waals surface area (Å²) in [6.07, 6.45) is 1.73. The van der Waals surface area contributed by atoms with Gasteiger partial charge in [0.1, 0.15) is 11.1 Å². The van der Waals surface area contributed by atoms with Gasteiger partial charge in [-0.25, -0.2) is 0 Å². The molecular weight excluding hydrogens is 202 g/mol. The highest BCUT2D eigenvalue weighted by Crippen LogP contribution is 2.41. The average Bonchev–Trinajstić information content (AvgIpc) is 2.53. The van der Waals surface area contributed by atoms with Crippen LogP contribution in [0.15, 0.2) is 22.8 Å². The number of nitrogens with one attached hydrogen (secondary N) is 1. The third-order valence-electron chi connectivity index (χ3n) is 1.91. The highest BCUT2D eigenvalue weighted by atomic mass is 32.2. The third-order valence-corrected chi connectivity index (χ3v) is 4.53. The Labute approximate surface area is 86.8 Å². The van der Waals surface area contributed by atoms with E-state index in [1.165, 1.54) is 0 Å². The minimum Gasteiger partial charge on any atom is -0.467 e. The van der Waals surface area contributed by atoms with Gasteiger partial charge in [-0.05, 0) is 26.0 Å². The maximum atomic E-state index is 5.38. The second-order valence-corrected chi connectivity index (χ2v) is 6.48. The highest BCUT2D eigenvalue weighted by Gasteiger charge is 2.26. The number of rotatable bonds is 1. The molecule has 2 heterocycles. The first-order chi connectivity index (χ1) is 6.25. The number of hydrogen-bond donors (Lipinski definition) is 1. The van der Waals surface area contributed by atoms with E-state index < -0.39 is 0 Å². The number of furan rings is 1. The van der Waals surface area contributed by atoms with Crippen LogP contribution in [0.2, 0.25) is 0 Å². The Morgan fingerprint density at radius 1 is 1.38 bits per heavy atom. The molecule has 2 rings (SSSR count). The molecule has 1 saturated heterocycles. The zero-order chi connectivity index (χ0) is 9.26. The van der Waals surface area contributed by atoms with Crippen LogP contribution in [0.1, 0.15) is 25.0 Å². The van der Waals surface area contributed by atoms with Gasteiger partial charge in [-0.1, -0.05) is 0 Å². The minimum absolute atomic E-state index is 0.321. The van der Waals surface area contributed by atoms with Crippen LogP contribution in [-0.4, -0.2) is 9.96 Å². The van der Waals surface area contributed by atoms with Crippen LogP contribution >= 0.6 is 23.5 Å². The van der Waals surface area contributed by atoms with E-state index in [0.29, 0.717) is 15.3 Å². The highest BCUT2D eigenvalue weighted by molar-refractivity contribution is 8.17. The Kier molecular flexibility index (Phi) is 2.91.